The van der Waals surface area contributed by atoms with Crippen LogP contribution in [0.1, 0.15) is 53.9 Å². The Hall–Kier alpha value is -2.42. The fraction of sp³-hybridized carbons (Fsp3) is 0.379. The van der Waals surface area contributed by atoms with Gasteiger partial charge >= 0.3 is 0 Å². The molecule has 0 N–H and O–H groups in total. The number of benzene rings is 3. The third-order valence-corrected chi connectivity index (χ3v) is 7.40. The van der Waals surface area contributed by atoms with Gasteiger partial charge in [0, 0.05) is 5.41 Å². The molecular weight excluding hydrogens is 378 g/mol. The first-order valence-corrected chi connectivity index (χ1v) is 11.8. The van der Waals surface area contributed by atoms with Crippen LogP contribution in [0.2, 0.25) is 0 Å². The third kappa shape index (κ3) is 4.33. The van der Waals surface area contributed by atoms with E-state index in [1.165, 1.54) is 61.2 Å². The second-order valence-electron chi connectivity index (χ2n) is 9.23. The zero-order valence-electron chi connectivity index (χ0n) is 18.4. The van der Waals surface area contributed by atoms with Gasteiger partial charge in [0.05, 0.1) is 13.2 Å². The van der Waals surface area contributed by atoms with Crippen molar-refractivity contribution in [1.82, 2.24) is 4.90 Å². The molecule has 3 aromatic rings. The molecule has 0 aliphatic carbocycles. The third-order valence-electron chi connectivity index (χ3n) is 7.40. The van der Waals surface area contributed by atoms with Crippen molar-refractivity contribution in [3.8, 4) is 0 Å². The van der Waals surface area contributed by atoms with Gasteiger partial charge in [0.1, 0.15) is 0 Å². The van der Waals surface area contributed by atoms with Crippen molar-refractivity contribution in [1.29, 1.82) is 0 Å². The van der Waals surface area contributed by atoms with Crippen LogP contribution in [0.3, 0.4) is 0 Å². The number of rotatable bonds is 6. The molecule has 0 spiro atoms. The van der Waals surface area contributed by atoms with E-state index in [0.717, 1.165) is 25.6 Å². The first-order chi connectivity index (χ1) is 15.4. The molecule has 2 heterocycles. The normalized spacial score (nSPS) is 22.2. The molecule has 1 fully saturated rings. The molecule has 5 rings (SSSR count). The van der Waals surface area contributed by atoms with Crippen LogP contribution >= 0.6 is 0 Å². The molecule has 1 atom stereocenters. The Labute approximate surface area is 186 Å². The first kappa shape index (κ1) is 20.5. The zero-order valence-corrected chi connectivity index (χ0v) is 18.4. The van der Waals surface area contributed by atoms with Gasteiger partial charge in [-0.3, -0.25) is 0 Å². The first-order valence-electron chi connectivity index (χ1n) is 11.8. The maximum atomic E-state index is 6.16. The number of piperidine rings is 1. The van der Waals surface area contributed by atoms with Crippen LogP contribution in [0.5, 0.6) is 0 Å². The molecule has 2 aliphatic heterocycles. The fourth-order valence-electron chi connectivity index (χ4n) is 5.69. The molecule has 1 unspecified atom stereocenters. The van der Waals surface area contributed by atoms with E-state index >= 15 is 0 Å². The molecule has 0 saturated carbocycles. The highest BCUT2D eigenvalue weighted by atomic mass is 16.5. The van der Waals surface area contributed by atoms with E-state index < -0.39 is 0 Å². The van der Waals surface area contributed by atoms with Gasteiger partial charge in [0.25, 0.3) is 0 Å². The fourth-order valence-corrected chi connectivity index (χ4v) is 5.69. The van der Waals surface area contributed by atoms with E-state index in [-0.39, 0.29) is 5.41 Å². The van der Waals surface area contributed by atoms with Gasteiger partial charge in [0.2, 0.25) is 0 Å². The summed E-state index contributed by atoms with van der Waals surface area (Å²) in [5, 5.41) is 0. The van der Waals surface area contributed by atoms with Crippen LogP contribution < -0.4 is 0 Å². The molecule has 31 heavy (non-hydrogen) atoms. The minimum Gasteiger partial charge on any atom is -0.375 e. The number of likely N-dealkylation sites (tertiary alicyclic amines) is 1. The molecule has 1 saturated heterocycles. The summed E-state index contributed by atoms with van der Waals surface area (Å²) in [5.41, 5.74) is 5.70. The Balaban J connectivity index is 1.26. The van der Waals surface area contributed by atoms with Gasteiger partial charge in [-0.25, -0.2) is 0 Å². The summed E-state index contributed by atoms with van der Waals surface area (Å²) in [5.74, 6) is 0.728. The molecule has 3 aromatic carbocycles. The van der Waals surface area contributed by atoms with E-state index in [0.29, 0.717) is 0 Å². The van der Waals surface area contributed by atoms with Crippen LogP contribution in [-0.2, 0) is 16.8 Å². The smallest absolute Gasteiger partial charge is 0.0720 e. The second-order valence-corrected chi connectivity index (χ2v) is 9.23. The van der Waals surface area contributed by atoms with Crippen molar-refractivity contribution < 1.29 is 4.74 Å². The topological polar surface area (TPSA) is 12.5 Å². The quantitative estimate of drug-likeness (QED) is 0.481. The van der Waals surface area contributed by atoms with Crippen LogP contribution in [0.25, 0.3) is 0 Å². The van der Waals surface area contributed by atoms with E-state index in [4.69, 9.17) is 4.74 Å². The van der Waals surface area contributed by atoms with Crippen LogP contribution in [0.15, 0.2) is 84.9 Å². The van der Waals surface area contributed by atoms with Gasteiger partial charge in [0.15, 0.2) is 0 Å². The van der Waals surface area contributed by atoms with E-state index in [1.54, 1.807) is 0 Å². The zero-order chi connectivity index (χ0) is 20.9. The largest absolute Gasteiger partial charge is 0.375 e. The minimum atomic E-state index is -0.0293. The van der Waals surface area contributed by atoms with E-state index in [9.17, 15) is 0 Å². The maximum Gasteiger partial charge on any atom is 0.0720 e. The number of fused-ring (bicyclic) bond motifs is 1. The number of hydrogen-bond acceptors (Lipinski definition) is 2. The Morgan fingerprint density at radius 3 is 2.26 bits per heavy atom. The average Bonchev–Trinajstić information content (AvgIpc) is 2.86. The monoisotopic (exact) mass is 411 g/mol. The standard InChI is InChI=1S/C29H33NO/c1-3-10-24(11-4-1)25-16-20-30(21-17-25)19-9-18-29(27-13-5-2-6-14-27)23-31-22-26-12-7-8-15-28(26)29/h1-8,10-15,25H,9,16-23H2. The summed E-state index contributed by atoms with van der Waals surface area (Å²) >= 11 is 0. The number of hydrogen-bond donors (Lipinski definition) is 0. The lowest BCUT2D eigenvalue weighted by Gasteiger charge is -2.40. The summed E-state index contributed by atoms with van der Waals surface area (Å²) in [6.07, 6.45) is 4.88. The lowest BCUT2D eigenvalue weighted by Crippen LogP contribution is -2.39. The highest BCUT2D eigenvalue weighted by molar-refractivity contribution is 5.45. The summed E-state index contributed by atoms with van der Waals surface area (Å²) in [6, 6.07) is 31.0. The maximum absolute atomic E-state index is 6.16. The van der Waals surface area contributed by atoms with Crippen LogP contribution in [0, 0.1) is 0 Å². The van der Waals surface area contributed by atoms with Crippen molar-refractivity contribution in [3.63, 3.8) is 0 Å². The molecule has 160 valence electrons. The lowest BCUT2D eigenvalue weighted by molar-refractivity contribution is 0.0596. The molecule has 0 radical (unpaired) electrons. The van der Waals surface area contributed by atoms with Crippen molar-refractivity contribution in [2.24, 2.45) is 0 Å². The molecule has 0 amide bonds. The SMILES string of the molecule is c1ccc(C2CCN(CCCC3(c4ccccc4)COCc4ccccc43)CC2)cc1. The average molecular weight is 412 g/mol. The molecular formula is C29H33NO. The van der Waals surface area contributed by atoms with Gasteiger partial charge in [-0.1, -0.05) is 84.9 Å². The van der Waals surface area contributed by atoms with Crippen LogP contribution in [0.4, 0.5) is 0 Å². The summed E-state index contributed by atoms with van der Waals surface area (Å²) in [4.78, 5) is 2.67. The van der Waals surface area contributed by atoms with Crippen molar-refractivity contribution in [2.45, 2.75) is 43.6 Å². The van der Waals surface area contributed by atoms with Crippen molar-refractivity contribution >= 4 is 0 Å². The second kappa shape index (κ2) is 9.38. The molecule has 0 aromatic heterocycles. The minimum absolute atomic E-state index is 0.0293. The lowest BCUT2D eigenvalue weighted by atomic mass is 9.69. The van der Waals surface area contributed by atoms with Gasteiger partial charge in [-0.2, -0.15) is 0 Å². The Morgan fingerprint density at radius 2 is 1.48 bits per heavy atom. The van der Waals surface area contributed by atoms with Crippen molar-refractivity contribution in [3.05, 3.63) is 107 Å². The molecule has 2 heteroatoms. The van der Waals surface area contributed by atoms with E-state index in [1.807, 2.05) is 0 Å². The Bertz CT molecular complexity index is 962. The van der Waals surface area contributed by atoms with Crippen molar-refractivity contribution in [2.75, 3.05) is 26.2 Å². The Kier molecular flexibility index (Phi) is 6.20. The highest BCUT2D eigenvalue weighted by Gasteiger charge is 2.38. The Morgan fingerprint density at radius 1 is 0.806 bits per heavy atom. The van der Waals surface area contributed by atoms with E-state index in [2.05, 4.69) is 89.8 Å². The number of nitrogens with zero attached hydrogens (tertiary/aromatic N) is 1. The van der Waals surface area contributed by atoms with Gasteiger partial charge < -0.3 is 9.64 Å². The summed E-state index contributed by atoms with van der Waals surface area (Å²) in [7, 11) is 0. The molecule has 0 bridgehead atoms. The van der Waals surface area contributed by atoms with Gasteiger partial charge in [-0.05, 0) is 73.5 Å². The summed E-state index contributed by atoms with van der Waals surface area (Å²) < 4.78 is 6.16. The predicted octanol–water partition coefficient (Wildman–Crippen LogP) is 6.16. The molecule has 2 nitrogen and oxygen atoms in total. The molecule has 2 aliphatic rings. The predicted molar refractivity (Wildman–Crippen MR) is 127 cm³/mol. The van der Waals surface area contributed by atoms with Crippen LogP contribution in [-0.4, -0.2) is 31.1 Å². The number of ether oxygens (including phenoxy) is 1. The summed E-state index contributed by atoms with van der Waals surface area (Å²) in [6.45, 7) is 5.12. The van der Waals surface area contributed by atoms with Gasteiger partial charge in [-0.15, -0.1) is 0 Å². The highest BCUT2D eigenvalue weighted by Crippen LogP contribution is 2.42.